The summed E-state index contributed by atoms with van der Waals surface area (Å²) in [5, 5.41) is 15.9. The Bertz CT molecular complexity index is 2130. The van der Waals surface area contributed by atoms with Crippen molar-refractivity contribution in [2.75, 3.05) is 87.9 Å². The van der Waals surface area contributed by atoms with Crippen LogP contribution < -0.4 is 22.1 Å². The van der Waals surface area contributed by atoms with E-state index in [2.05, 4.69) is 43.2 Å². The Morgan fingerprint density at radius 1 is 0.455 bits per heavy atom. The van der Waals surface area contributed by atoms with Gasteiger partial charge in [0.1, 0.15) is 0 Å². The smallest absolute Gasteiger partial charge is 0.307 e. The lowest BCUT2D eigenvalue weighted by molar-refractivity contribution is -0.146. The van der Waals surface area contributed by atoms with E-state index in [9.17, 15) is 24.3 Å². The number of nitrogens with one attached hydrogen (secondary N) is 2. The Balaban J connectivity index is 1.08. The minimum atomic E-state index is -0.293. The molecule has 7 N–H and O–H groups in total. The second kappa shape index (κ2) is 37.2. The maximum absolute atomic E-state index is 13.0. The van der Waals surface area contributed by atoms with E-state index < -0.39 is 0 Å². The quantitative estimate of drug-likeness (QED) is 0.00921. The molecule has 0 saturated carbocycles. The number of rotatable bonds is 41. The fourth-order valence-electron chi connectivity index (χ4n) is 8.55. The number of anilines is 4. The number of hydrogen-bond donors (Lipinski definition) is 5. The Labute approximate surface area is 474 Å². The maximum Gasteiger partial charge on any atom is 0.307 e. The van der Waals surface area contributed by atoms with Crippen LogP contribution in [-0.2, 0) is 38.1 Å². The van der Waals surface area contributed by atoms with Gasteiger partial charge in [0.05, 0.1) is 52.1 Å². The molecule has 0 aromatic heterocycles. The van der Waals surface area contributed by atoms with E-state index in [1.54, 1.807) is 43.2 Å². The summed E-state index contributed by atoms with van der Waals surface area (Å²) in [6.07, 6.45) is 9.38. The zero-order valence-electron chi connectivity index (χ0n) is 45.9. The van der Waals surface area contributed by atoms with E-state index in [4.69, 9.17) is 30.4 Å². The van der Waals surface area contributed by atoms with Crippen LogP contribution in [0.3, 0.4) is 0 Å². The minimum absolute atomic E-state index is 0.123. The summed E-state index contributed by atoms with van der Waals surface area (Å²) in [6.45, 7) is 12.3. The number of aliphatic hydroxyl groups is 1. The van der Waals surface area contributed by atoms with E-state index in [0.29, 0.717) is 78.0 Å². The van der Waals surface area contributed by atoms with Gasteiger partial charge in [-0.05, 0) is 159 Å². The number of unbranched alkanes of at least 4 members (excludes halogenated alkanes) is 2. The molecule has 0 atom stereocenters. The zero-order valence-corrected chi connectivity index (χ0v) is 49.1. The molecule has 4 aromatic carbocycles. The van der Waals surface area contributed by atoms with Crippen molar-refractivity contribution in [1.29, 1.82) is 0 Å². The van der Waals surface area contributed by atoms with E-state index in [1.165, 1.54) is 0 Å². The SMILES string of the molecule is CCC(CC)(CCOC(=O)CCNc1ccc(SSc2ccc(N)cc2)cc1)CCOC(=O)CCN(CCCCCO)CCC(=O)OCCC(CC)(CC)CCOC(=O)CCNc1ccc(SSc2ccc(N)cc2)cc1. The molecule has 0 unspecified atom stereocenters. The number of esters is 4. The number of nitrogens with zero attached hydrogens (tertiary/aromatic N) is 1. The number of ether oxygens (including phenoxy) is 4. The van der Waals surface area contributed by atoms with Crippen molar-refractivity contribution in [3.8, 4) is 0 Å². The molecule has 14 nitrogen and oxygen atoms in total. The lowest BCUT2D eigenvalue weighted by atomic mass is 9.77. The van der Waals surface area contributed by atoms with Gasteiger partial charge in [0.2, 0.25) is 0 Å². The third kappa shape index (κ3) is 26.7. The van der Waals surface area contributed by atoms with Crippen molar-refractivity contribution in [3.63, 3.8) is 0 Å². The highest BCUT2D eigenvalue weighted by molar-refractivity contribution is 8.77. The number of benzene rings is 4. The second-order valence-corrected chi connectivity index (χ2v) is 23.8. The first-order valence-corrected chi connectivity index (χ1v) is 31.6. The Hall–Kier alpha value is -4.72. The number of aliphatic hydroxyl groups excluding tert-OH is 1. The normalized spacial score (nSPS) is 11.6. The van der Waals surface area contributed by atoms with E-state index in [0.717, 1.165) is 80.9 Å². The highest BCUT2D eigenvalue weighted by Gasteiger charge is 2.28. The van der Waals surface area contributed by atoms with Crippen LogP contribution in [0.4, 0.5) is 22.7 Å². The van der Waals surface area contributed by atoms with Crippen molar-refractivity contribution < 1.29 is 43.2 Å². The van der Waals surface area contributed by atoms with Gasteiger partial charge < -0.3 is 51.1 Å². The predicted molar refractivity (Wildman–Crippen MR) is 319 cm³/mol. The van der Waals surface area contributed by atoms with Crippen molar-refractivity contribution in [1.82, 2.24) is 4.90 Å². The van der Waals surface area contributed by atoms with Gasteiger partial charge in [-0.15, -0.1) is 0 Å². The molecule has 4 rings (SSSR count). The largest absolute Gasteiger partial charge is 0.466 e. The molecule has 0 amide bonds. The maximum atomic E-state index is 13.0. The Morgan fingerprint density at radius 3 is 1.08 bits per heavy atom. The van der Waals surface area contributed by atoms with Crippen LogP contribution in [0.2, 0.25) is 0 Å². The zero-order chi connectivity index (χ0) is 55.6. The van der Waals surface area contributed by atoms with Gasteiger partial charge in [-0.25, -0.2) is 0 Å². The monoisotopic (exact) mass is 1140 g/mol. The topological polar surface area (TPSA) is 205 Å². The average Bonchev–Trinajstić information content (AvgIpc) is 3.44. The summed E-state index contributed by atoms with van der Waals surface area (Å²) in [5.74, 6) is -1.10. The molecule has 0 radical (unpaired) electrons. The van der Waals surface area contributed by atoms with Gasteiger partial charge in [0, 0.05) is 75.1 Å². The van der Waals surface area contributed by atoms with Gasteiger partial charge in [-0.1, -0.05) is 96.6 Å². The first-order valence-electron chi connectivity index (χ1n) is 27.3. The molecule has 0 spiro atoms. The lowest BCUT2D eigenvalue weighted by Crippen LogP contribution is -2.31. The summed E-state index contributed by atoms with van der Waals surface area (Å²) in [7, 11) is 6.68. The first kappa shape index (κ1) is 64.8. The van der Waals surface area contributed by atoms with Crippen molar-refractivity contribution in [2.24, 2.45) is 10.8 Å². The minimum Gasteiger partial charge on any atom is -0.466 e. The summed E-state index contributed by atoms with van der Waals surface area (Å²) in [6, 6.07) is 31.8. The van der Waals surface area contributed by atoms with E-state index >= 15 is 0 Å². The Morgan fingerprint density at radius 2 is 0.766 bits per heavy atom. The number of nitrogen functional groups attached to an aromatic ring is 2. The van der Waals surface area contributed by atoms with E-state index in [-0.39, 0.29) is 80.2 Å². The molecule has 0 aliphatic carbocycles. The highest BCUT2D eigenvalue weighted by Crippen LogP contribution is 2.40. The standard InChI is InChI=1S/C59H85N5O9S4/c1-5-58(6-2,32-42-70-54(66)28-36-62-48-16-24-52(25-17-48)76-74-50-20-12-46(60)13-21-50)34-44-72-56(68)30-39-64(38-10-9-11-41-65)40-31-57(69)73-45-35-59(7-3,8-4)33-43-71-55(67)29-37-63-49-18-26-53(27-19-49)77-75-51-22-14-47(61)15-23-51/h12-27,62-63,65H,5-11,28-45,60-61H2,1-4H3. The van der Waals surface area contributed by atoms with Crippen LogP contribution in [0, 0.1) is 10.8 Å². The highest BCUT2D eigenvalue weighted by atomic mass is 33.1. The first-order chi connectivity index (χ1) is 37.3. The molecular formula is C59H85N5O9S4. The molecule has 4 aromatic rings. The Kier molecular flexibility index (Phi) is 31.3. The van der Waals surface area contributed by atoms with Crippen LogP contribution >= 0.6 is 43.2 Å². The second-order valence-electron chi connectivity index (χ2n) is 19.3. The van der Waals surface area contributed by atoms with Crippen LogP contribution in [0.25, 0.3) is 0 Å². The van der Waals surface area contributed by atoms with Gasteiger partial charge >= 0.3 is 23.9 Å². The number of hydrogen-bond acceptors (Lipinski definition) is 18. The van der Waals surface area contributed by atoms with Crippen LogP contribution in [0.5, 0.6) is 0 Å². The lowest BCUT2D eigenvalue weighted by Gasteiger charge is -2.31. The van der Waals surface area contributed by atoms with Gasteiger partial charge in [0.25, 0.3) is 0 Å². The average molecular weight is 1140 g/mol. The van der Waals surface area contributed by atoms with Crippen molar-refractivity contribution in [2.45, 2.75) is 144 Å². The summed E-state index contributed by atoms with van der Waals surface area (Å²) < 4.78 is 22.8. The van der Waals surface area contributed by atoms with Crippen molar-refractivity contribution >= 4 is 89.8 Å². The number of carbonyl (C=O) groups is 4. The summed E-state index contributed by atoms with van der Waals surface area (Å²) in [4.78, 5) is 57.9. The molecule has 0 aliphatic rings. The van der Waals surface area contributed by atoms with Gasteiger partial charge in [-0.2, -0.15) is 0 Å². The predicted octanol–water partition coefficient (Wildman–Crippen LogP) is 13.3. The molecule has 0 heterocycles. The van der Waals surface area contributed by atoms with Gasteiger partial charge in [0.15, 0.2) is 0 Å². The molecule has 0 aliphatic heterocycles. The molecular weight excluding hydrogens is 1050 g/mol. The van der Waals surface area contributed by atoms with Gasteiger partial charge in [-0.3, -0.25) is 19.2 Å². The van der Waals surface area contributed by atoms with E-state index in [1.807, 2.05) is 97.1 Å². The molecule has 0 bridgehead atoms. The fourth-order valence-corrected chi connectivity index (χ4v) is 12.4. The molecule has 77 heavy (non-hydrogen) atoms. The number of carbonyl (C=O) groups excluding carboxylic acids is 4. The summed E-state index contributed by atoms with van der Waals surface area (Å²) in [5.41, 5.74) is 14.7. The van der Waals surface area contributed by atoms with Crippen LogP contribution in [0.15, 0.2) is 117 Å². The molecule has 18 heteroatoms. The van der Waals surface area contributed by atoms with Crippen LogP contribution in [0.1, 0.15) is 124 Å². The third-order valence-electron chi connectivity index (χ3n) is 14.2. The third-order valence-corrected chi connectivity index (χ3v) is 19.1. The molecule has 424 valence electrons. The van der Waals surface area contributed by atoms with Crippen LogP contribution in [-0.4, -0.2) is 99.6 Å². The number of nitrogens with two attached hydrogens (primary N) is 2. The molecule has 0 saturated heterocycles. The van der Waals surface area contributed by atoms with Crippen molar-refractivity contribution in [3.05, 3.63) is 97.1 Å². The fraction of sp³-hybridized carbons (Fsp3) is 0.525. The molecule has 0 fully saturated rings. The summed E-state index contributed by atoms with van der Waals surface area (Å²) >= 11 is 0.